The van der Waals surface area contributed by atoms with Gasteiger partial charge in [0.05, 0.1) is 11.0 Å². The molecule has 4 aromatic rings. The SMILES string of the molecule is CCOCc1nc2c(N3CCN(C)CC3)nc3ccccc3c2n1CCNCc1ccccc1. The molecule has 0 unspecified atom stereocenters. The van der Waals surface area contributed by atoms with Gasteiger partial charge in [0.15, 0.2) is 5.82 Å². The number of rotatable bonds is 9. The van der Waals surface area contributed by atoms with Crippen LogP contribution in [0.25, 0.3) is 21.9 Å². The highest BCUT2D eigenvalue weighted by Crippen LogP contribution is 2.32. The first-order valence-electron chi connectivity index (χ1n) is 12.3. The largest absolute Gasteiger partial charge is 0.374 e. The van der Waals surface area contributed by atoms with Crippen LogP contribution in [0.5, 0.6) is 0 Å². The van der Waals surface area contributed by atoms with Gasteiger partial charge in [0.25, 0.3) is 0 Å². The summed E-state index contributed by atoms with van der Waals surface area (Å²) >= 11 is 0. The number of anilines is 1. The minimum absolute atomic E-state index is 0.500. The first-order valence-corrected chi connectivity index (χ1v) is 12.3. The third kappa shape index (κ3) is 4.78. The van der Waals surface area contributed by atoms with Crippen LogP contribution in [0.1, 0.15) is 18.3 Å². The van der Waals surface area contributed by atoms with Crippen LogP contribution >= 0.6 is 0 Å². The minimum atomic E-state index is 0.500. The monoisotopic (exact) mass is 458 g/mol. The van der Waals surface area contributed by atoms with Gasteiger partial charge in [-0.25, -0.2) is 9.97 Å². The predicted octanol–water partition coefficient (Wildman–Crippen LogP) is 3.66. The highest BCUT2D eigenvalue weighted by Gasteiger charge is 2.23. The summed E-state index contributed by atoms with van der Waals surface area (Å²) in [4.78, 5) is 15.0. The van der Waals surface area contributed by atoms with Gasteiger partial charge in [0.1, 0.15) is 17.9 Å². The summed E-state index contributed by atoms with van der Waals surface area (Å²) in [6.07, 6.45) is 0. The zero-order chi connectivity index (χ0) is 23.3. The van der Waals surface area contributed by atoms with Crippen LogP contribution in [0.4, 0.5) is 5.82 Å². The number of pyridine rings is 1. The van der Waals surface area contributed by atoms with Gasteiger partial charge in [-0.15, -0.1) is 0 Å². The lowest BCUT2D eigenvalue weighted by atomic mass is 10.1. The lowest BCUT2D eigenvalue weighted by molar-refractivity contribution is 0.126. The summed E-state index contributed by atoms with van der Waals surface area (Å²) in [5, 5.41) is 4.74. The van der Waals surface area contributed by atoms with Crippen molar-refractivity contribution in [3.05, 3.63) is 66.0 Å². The van der Waals surface area contributed by atoms with Crippen molar-refractivity contribution in [3.8, 4) is 0 Å². The smallest absolute Gasteiger partial charge is 0.157 e. The van der Waals surface area contributed by atoms with E-state index in [1.54, 1.807) is 0 Å². The molecule has 0 spiro atoms. The summed E-state index contributed by atoms with van der Waals surface area (Å²) in [6.45, 7) is 9.70. The Kier molecular flexibility index (Phi) is 7.04. The molecule has 34 heavy (non-hydrogen) atoms. The molecule has 2 aromatic heterocycles. The Hall–Kier alpha value is -3.00. The third-order valence-corrected chi connectivity index (χ3v) is 6.57. The fraction of sp³-hybridized carbons (Fsp3) is 0.407. The Balaban J connectivity index is 1.52. The average molecular weight is 459 g/mol. The number of aromatic nitrogens is 3. The molecule has 7 nitrogen and oxygen atoms in total. The van der Waals surface area contributed by atoms with Gasteiger partial charge in [-0.1, -0.05) is 48.5 Å². The second-order valence-electron chi connectivity index (χ2n) is 8.92. The third-order valence-electron chi connectivity index (χ3n) is 6.57. The summed E-state index contributed by atoms with van der Waals surface area (Å²) in [5.74, 6) is 1.96. The number of para-hydroxylation sites is 1. The summed E-state index contributed by atoms with van der Waals surface area (Å²) in [7, 11) is 2.18. The van der Waals surface area contributed by atoms with Crippen LogP contribution < -0.4 is 10.2 Å². The summed E-state index contributed by atoms with van der Waals surface area (Å²) in [5.41, 5.74) is 4.46. The van der Waals surface area contributed by atoms with E-state index in [-0.39, 0.29) is 0 Å². The van der Waals surface area contributed by atoms with Gasteiger partial charge < -0.3 is 24.4 Å². The van der Waals surface area contributed by atoms with Gasteiger partial charge in [-0.3, -0.25) is 0 Å². The van der Waals surface area contributed by atoms with E-state index in [9.17, 15) is 0 Å². The van der Waals surface area contributed by atoms with Crippen molar-refractivity contribution >= 4 is 27.8 Å². The van der Waals surface area contributed by atoms with Gasteiger partial charge in [-0.2, -0.15) is 0 Å². The topological polar surface area (TPSA) is 58.5 Å². The molecule has 1 fully saturated rings. The number of hydrogen-bond acceptors (Lipinski definition) is 6. The quantitative estimate of drug-likeness (QED) is 0.386. The van der Waals surface area contributed by atoms with Crippen LogP contribution in [-0.4, -0.2) is 65.8 Å². The van der Waals surface area contributed by atoms with Crippen molar-refractivity contribution in [2.75, 3.05) is 51.3 Å². The molecule has 0 aliphatic carbocycles. The summed E-state index contributed by atoms with van der Waals surface area (Å²) < 4.78 is 8.17. The molecule has 0 bridgehead atoms. The summed E-state index contributed by atoms with van der Waals surface area (Å²) in [6, 6.07) is 19.0. The van der Waals surface area contributed by atoms with Crippen molar-refractivity contribution in [1.29, 1.82) is 0 Å². The van der Waals surface area contributed by atoms with E-state index in [2.05, 4.69) is 81.3 Å². The van der Waals surface area contributed by atoms with Gasteiger partial charge >= 0.3 is 0 Å². The molecule has 0 atom stereocenters. The number of nitrogens with one attached hydrogen (secondary N) is 1. The Morgan fingerprint density at radius 1 is 0.941 bits per heavy atom. The van der Waals surface area contributed by atoms with Crippen molar-refractivity contribution in [1.82, 2.24) is 24.8 Å². The number of likely N-dealkylation sites (N-methyl/N-ethyl adjacent to an activating group) is 1. The molecule has 7 heteroatoms. The molecule has 0 radical (unpaired) electrons. The van der Waals surface area contributed by atoms with E-state index in [0.29, 0.717) is 13.2 Å². The zero-order valence-electron chi connectivity index (χ0n) is 20.2. The van der Waals surface area contributed by atoms with Crippen LogP contribution in [0, 0.1) is 0 Å². The van der Waals surface area contributed by atoms with Gasteiger partial charge in [0.2, 0.25) is 0 Å². The maximum absolute atomic E-state index is 5.83. The first kappa shape index (κ1) is 22.8. The average Bonchev–Trinajstić information content (AvgIpc) is 3.24. The second kappa shape index (κ2) is 10.5. The van der Waals surface area contributed by atoms with Gasteiger partial charge in [0, 0.05) is 57.8 Å². The molecule has 3 heterocycles. The number of benzene rings is 2. The minimum Gasteiger partial charge on any atom is -0.374 e. The van der Waals surface area contributed by atoms with Crippen LogP contribution in [-0.2, 0) is 24.4 Å². The Labute approximate surface area is 201 Å². The van der Waals surface area contributed by atoms with Crippen molar-refractivity contribution in [3.63, 3.8) is 0 Å². The molecule has 1 aliphatic heterocycles. The fourth-order valence-electron chi connectivity index (χ4n) is 4.67. The molecule has 2 aromatic carbocycles. The number of ether oxygens (including phenoxy) is 1. The van der Waals surface area contributed by atoms with Gasteiger partial charge in [-0.05, 0) is 25.6 Å². The van der Waals surface area contributed by atoms with E-state index in [0.717, 1.165) is 79.4 Å². The zero-order valence-corrected chi connectivity index (χ0v) is 20.2. The van der Waals surface area contributed by atoms with Crippen molar-refractivity contribution in [2.24, 2.45) is 0 Å². The standard InChI is InChI=1S/C27H34N6O/c1-3-34-20-24-30-25-26(33(24)14-13-28-19-21-9-5-4-6-10-21)22-11-7-8-12-23(22)29-27(25)32-17-15-31(2)16-18-32/h4-12,28H,3,13-20H2,1-2H3. The van der Waals surface area contributed by atoms with E-state index >= 15 is 0 Å². The lowest BCUT2D eigenvalue weighted by Gasteiger charge is -2.33. The normalized spacial score (nSPS) is 14.9. The Morgan fingerprint density at radius 3 is 2.50 bits per heavy atom. The molecular weight excluding hydrogens is 424 g/mol. The highest BCUT2D eigenvalue weighted by molar-refractivity contribution is 6.07. The fourth-order valence-corrected chi connectivity index (χ4v) is 4.67. The molecule has 1 aliphatic rings. The number of nitrogens with zero attached hydrogens (tertiary/aromatic N) is 5. The van der Waals surface area contributed by atoms with Crippen LogP contribution in [0.2, 0.25) is 0 Å². The predicted molar refractivity (Wildman–Crippen MR) is 138 cm³/mol. The highest BCUT2D eigenvalue weighted by atomic mass is 16.5. The first-order chi connectivity index (χ1) is 16.7. The molecule has 1 N–H and O–H groups in total. The Morgan fingerprint density at radius 2 is 1.71 bits per heavy atom. The molecule has 5 rings (SSSR count). The van der Waals surface area contributed by atoms with E-state index < -0.39 is 0 Å². The van der Waals surface area contributed by atoms with E-state index in [1.807, 2.05) is 6.92 Å². The van der Waals surface area contributed by atoms with E-state index in [1.165, 1.54) is 5.56 Å². The lowest BCUT2D eigenvalue weighted by Crippen LogP contribution is -2.44. The number of imidazole rings is 1. The molecule has 0 saturated carbocycles. The maximum Gasteiger partial charge on any atom is 0.157 e. The van der Waals surface area contributed by atoms with E-state index in [4.69, 9.17) is 14.7 Å². The van der Waals surface area contributed by atoms with Crippen molar-refractivity contribution in [2.45, 2.75) is 26.6 Å². The molecule has 0 amide bonds. The van der Waals surface area contributed by atoms with Crippen LogP contribution in [0.15, 0.2) is 54.6 Å². The number of fused-ring (bicyclic) bond motifs is 3. The van der Waals surface area contributed by atoms with Crippen molar-refractivity contribution < 1.29 is 4.74 Å². The molecule has 1 saturated heterocycles. The maximum atomic E-state index is 5.83. The number of piperazine rings is 1. The molecule has 178 valence electrons. The number of hydrogen-bond donors (Lipinski definition) is 1. The molecular formula is C27H34N6O. The van der Waals surface area contributed by atoms with Crippen LogP contribution in [0.3, 0.4) is 0 Å². The second-order valence-corrected chi connectivity index (χ2v) is 8.92. The Bertz CT molecular complexity index is 1230.